The van der Waals surface area contributed by atoms with Gasteiger partial charge in [0, 0.05) is 11.0 Å². The predicted octanol–water partition coefficient (Wildman–Crippen LogP) is 2.79. The van der Waals surface area contributed by atoms with Gasteiger partial charge in [-0.05, 0) is 43.4 Å². The summed E-state index contributed by atoms with van der Waals surface area (Å²) in [5.74, 6) is -0.408. The number of nitro benzene ring substituents is 1. The molecule has 0 radical (unpaired) electrons. The minimum absolute atomic E-state index is 0.190. The van der Waals surface area contributed by atoms with Crippen LogP contribution in [0.4, 0.5) is 10.1 Å². The average Bonchev–Trinajstić information content (AvgIpc) is 2.49. The molecule has 22 heavy (non-hydrogen) atoms. The smallest absolute Gasteiger partial charge is 0.258 e. The lowest BCUT2D eigenvalue weighted by atomic mass is 10.3. The van der Waals surface area contributed by atoms with Crippen molar-refractivity contribution in [2.75, 3.05) is 7.05 Å². The number of rotatable bonds is 5. The maximum atomic E-state index is 12.9. The van der Waals surface area contributed by atoms with Gasteiger partial charge < -0.3 is 0 Å². The molecule has 116 valence electrons. The zero-order chi connectivity index (χ0) is 16.3. The molecule has 0 saturated carbocycles. The Bertz CT molecular complexity index is 807. The highest BCUT2D eigenvalue weighted by atomic mass is 32.2. The van der Waals surface area contributed by atoms with Crippen LogP contribution in [0.5, 0.6) is 0 Å². The zero-order valence-electron chi connectivity index (χ0n) is 11.3. The Hall–Kier alpha value is -1.97. The molecule has 0 fully saturated rings. The molecule has 0 saturated heterocycles. The molecule has 2 rings (SSSR count). The van der Waals surface area contributed by atoms with E-state index < -0.39 is 20.8 Å². The van der Waals surface area contributed by atoms with Crippen molar-refractivity contribution in [2.45, 2.75) is 14.7 Å². The molecule has 0 amide bonds. The Morgan fingerprint density at radius 1 is 1.18 bits per heavy atom. The first-order valence-corrected chi connectivity index (χ1v) is 8.29. The molecule has 0 aliphatic rings. The van der Waals surface area contributed by atoms with Gasteiger partial charge in [0.15, 0.2) is 0 Å². The van der Waals surface area contributed by atoms with Gasteiger partial charge in [-0.15, -0.1) is 0 Å². The monoisotopic (exact) mass is 342 g/mol. The van der Waals surface area contributed by atoms with Crippen LogP contribution in [-0.4, -0.2) is 20.4 Å². The lowest BCUT2D eigenvalue weighted by Crippen LogP contribution is -2.18. The van der Waals surface area contributed by atoms with E-state index in [1.54, 1.807) is 0 Å². The highest BCUT2D eigenvalue weighted by Crippen LogP contribution is 2.36. The molecule has 0 aliphatic heterocycles. The van der Waals surface area contributed by atoms with E-state index in [9.17, 15) is 22.9 Å². The van der Waals surface area contributed by atoms with Gasteiger partial charge in [0.25, 0.3) is 5.69 Å². The molecule has 2 aromatic carbocycles. The van der Waals surface area contributed by atoms with Crippen molar-refractivity contribution in [1.82, 2.24) is 4.72 Å². The number of benzene rings is 2. The van der Waals surface area contributed by atoms with Crippen LogP contribution in [0.25, 0.3) is 0 Å². The van der Waals surface area contributed by atoms with Gasteiger partial charge in [-0.3, -0.25) is 10.1 Å². The molecule has 0 spiro atoms. The molecular formula is C13H11FN2O4S2. The summed E-state index contributed by atoms with van der Waals surface area (Å²) in [5, 5.41) is 11.2. The molecular weight excluding hydrogens is 331 g/mol. The van der Waals surface area contributed by atoms with Gasteiger partial charge >= 0.3 is 0 Å². The summed E-state index contributed by atoms with van der Waals surface area (Å²) in [6.07, 6.45) is 0. The molecule has 1 N–H and O–H groups in total. The maximum absolute atomic E-state index is 12.9. The fourth-order valence-electron chi connectivity index (χ4n) is 1.64. The van der Waals surface area contributed by atoms with Crippen molar-refractivity contribution in [1.29, 1.82) is 0 Å². The Morgan fingerprint density at radius 3 is 2.36 bits per heavy atom. The third kappa shape index (κ3) is 3.62. The molecule has 9 heteroatoms. The van der Waals surface area contributed by atoms with Crippen LogP contribution in [0.3, 0.4) is 0 Å². The Balaban J connectivity index is 2.44. The fourth-order valence-corrected chi connectivity index (χ4v) is 3.29. The number of sulfonamides is 1. The molecule has 0 bridgehead atoms. The van der Waals surface area contributed by atoms with Crippen LogP contribution in [0.2, 0.25) is 0 Å². The van der Waals surface area contributed by atoms with E-state index in [2.05, 4.69) is 4.72 Å². The zero-order valence-corrected chi connectivity index (χ0v) is 12.9. The van der Waals surface area contributed by atoms with Crippen LogP contribution >= 0.6 is 11.8 Å². The third-order valence-electron chi connectivity index (χ3n) is 2.75. The molecule has 0 aliphatic carbocycles. The van der Waals surface area contributed by atoms with Crippen molar-refractivity contribution in [3.8, 4) is 0 Å². The molecule has 0 unspecified atom stereocenters. The van der Waals surface area contributed by atoms with Crippen molar-refractivity contribution in [2.24, 2.45) is 0 Å². The minimum Gasteiger partial charge on any atom is -0.258 e. The number of halogens is 1. The molecule has 0 heterocycles. The van der Waals surface area contributed by atoms with Crippen molar-refractivity contribution in [3.05, 3.63) is 58.4 Å². The van der Waals surface area contributed by atoms with E-state index in [1.165, 1.54) is 43.4 Å². The first-order valence-electron chi connectivity index (χ1n) is 5.99. The Kier molecular flexibility index (Phi) is 4.79. The van der Waals surface area contributed by atoms with Gasteiger partial charge in [0.05, 0.1) is 14.7 Å². The van der Waals surface area contributed by atoms with Crippen LogP contribution in [0.15, 0.2) is 57.2 Å². The maximum Gasteiger partial charge on any atom is 0.284 e. The van der Waals surface area contributed by atoms with Crippen LogP contribution in [-0.2, 0) is 10.0 Å². The van der Waals surface area contributed by atoms with Crippen LogP contribution in [0, 0.1) is 15.9 Å². The third-order valence-corrected chi connectivity index (χ3v) is 5.23. The first kappa shape index (κ1) is 16.4. The minimum atomic E-state index is -3.76. The summed E-state index contributed by atoms with van der Waals surface area (Å²) in [4.78, 5) is 11.2. The quantitative estimate of drug-likeness (QED) is 0.666. The lowest BCUT2D eigenvalue weighted by Gasteiger charge is -2.06. The first-order chi connectivity index (χ1) is 10.3. The highest BCUT2D eigenvalue weighted by molar-refractivity contribution is 7.99. The second kappa shape index (κ2) is 6.42. The Morgan fingerprint density at radius 2 is 1.82 bits per heavy atom. The Labute approximate surface area is 130 Å². The SMILES string of the molecule is CNS(=O)(=O)c1ccc(Sc2ccc(F)cc2)c([N+](=O)[O-])c1. The second-order valence-corrected chi connectivity index (χ2v) is 7.15. The van der Waals surface area contributed by atoms with Crippen molar-refractivity contribution >= 4 is 27.5 Å². The van der Waals surface area contributed by atoms with Gasteiger partial charge in [-0.1, -0.05) is 11.8 Å². The van der Waals surface area contributed by atoms with Gasteiger partial charge in [-0.2, -0.15) is 0 Å². The summed E-state index contributed by atoms with van der Waals surface area (Å²) in [6, 6.07) is 9.10. The topological polar surface area (TPSA) is 89.3 Å². The van der Waals surface area contributed by atoms with E-state index in [4.69, 9.17) is 0 Å². The second-order valence-electron chi connectivity index (χ2n) is 4.15. The fraction of sp³-hybridized carbons (Fsp3) is 0.0769. The van der Waals surface area contributed by atoms with Crippen molar-refractivity contribution < 1.29 is 17.7 Å². The van der Waals surface area contributed by atoms with E-state index in [0.29, 0.717) is 4.90 Å². The summed E-state index contributed by atoms with van der Waals surface area (Å²) in [6.45, 7) is 0. The standard InChI is InChI=1S/C13H11FN2O4S2/c1-15-22(19,20)11-6-7-13(12(8-11)16(17)18)21-10-4-2-9(14)3-5-10/h2-8,15H,1H3. The number of nitrogens with zero attached hydrogens (tertiary/aromatic N) is 1. The van der Waals surface area contributed by atoms with Crippen LogP contribution < -0.4 is 4.72 Å². The number of hydrogen-bond donors (Lipinski definition) is 1. The molecule has 2 aromatic rings. The summed E-state index contributed by atoms with van der Waals surface area (Å²) >= 11 is 1.05. The van der Waals surface area contributed by atoms with Crippen molar-refractivity contribution in [3.63, 3.8) is 0 Å². The lowest BCUT2D eigenvalue weighted by molar-refractivity contribution is -0.388. The molecule has 0 aromatic heterocycles. The number of nitrogens with one attached hydrogen (secondary N) is 1. The number of hydrogen-bond acceptors (Lipinski definition) is 5. The number of nitro groups is 1. The molecule has 0 atom stereocenters. The predicted molar refractivity (Wildman–Crippen MR) is 79.9 cm³/mol. The highest BCUT2D eigenvalue weighted by Gasteiger charge is 2.21. The van der Waals surface area contributed by atoms with E-state index in [0.717, 1.165) is 17.8 Å². The van der Waals surface area contributed by atoms with E-state index >= 15 is 0 Å². The molecule has 6 nitrogen and oxygen atoms in total. The normalized spacial score (nSPS) is 11.4. The summed E-state index contributed by atoms with van der Waals surface area (Å²) in [5.41, 5.74) is -0.328. The van der Waals surface area contributed by atoms with Gasteiger partial charge in [0.2, 0.25) is 10.0 Å². The van der Waals surface area contributed by atoms with Gasteiger partial charge in [-0.25, -0.2) is 17.5 Å². The largest absolute Gasteiger partial charge is 0.284 e. The van der Waals surface area contributed by atoms with Gasteiger partial charge in [0.1, 0.15) is 5.82 Å². The van der Waals surface area contributed by atoms with Crippen LogP contribution in [0.1, 0.15) is 0 Å². The summed E-state index contributed by atoms with van der Waals surface area (Å²) in [7, 11) is -2.54. The van der Waals surface area contributed by atoms with E-state index in [1.807, 2.05) is 0 Å². The average molecular weight is 342 g/mol. The summed E-state index contributed by atoms with van der Waals surface area (Å²) < 4.78 is 38.4. The van der Waals surface area contributed by atoms with E-state index in [-0.39, 0.29) is 15.5 Å².